The van der Waals surface area contributed by atoms with Crippen LogP contribution in [0.4, 0.5) is 17.2 Å². The van der Waals surface area contributed by atoms with Crippen LogP contribution >= 0.6 is 7.92 Å². The molecular formula is C21H26N5O2P. The Balaban J connectivity index is 2.09. The van der Waals surface area contributed by atoms with Gasteiger partial charge in [0, 0.05) is 31.3 Å². The molecule has 0 aliphatic rings. The number of carbonyl (C=O) groups excluding carboxylic acids is 1. The van der Waals surface area contributed by atoms with Crippen LogP contribution in [0.2, 0.25) is 0 Å². The molecule has 3 aromatic rings. The smallest absolute Gasteiger partial charge is 0.166 e. The van der Waals surface area contributed by atoms with Crippen molar-refractivity contribution in [2.75, 3.05) is 31.5 Å². The first kappa shape index (κ1) is 20.8. The van der Waals surface area contributed by atoms with Crippen molar-refractivity contribution in [3.63, 3.8) is 0 Å². The SMILES string of the molecule is CCC(=O)c1cnc(N)cc1Nc1cccc(-c2cc(P(C)C)nn2C)c1OC. The molecule has 3 N–H and O–H groups in total. The van der Waals surface area contributed by atoms with Crippen LogP contribution in [0.1, 0.15) is 23.7 Å². The molecule has 3 rings (SSSR count). The molecule has 0 unspecified atom stereocenters. The van der Waals surface area contributed by atoms with E-state index in [1.165, 1.54) is 6.20 Å². The van der Waals surface area contributed by atoms with Gasteiger partial charge in [-0.15, -0.1) is 0 Å². The number of nitrogens with one attached hydrogen (secondary N) is 1. The molecule has 0 fully saturated rings. The zero-order chi connectivity index (χ0) is 21.1. The van der Waals surface area contributed by atoms with Gasteiger partial charge >= 0.3 is 0 Å². The summed E-state index contributed by atoms with van der Waals surface area (Å²) in [7, 11) is 3.25. The number of carbonyl (C=O) groups is 1. The van der Waals surface area contributed by atoms with E-state index in [1.54, 1.807) is 13.2 Å². The molecule has 0 bridgehead atoms. The van der Waals surface area contributed by atoms with Gasteiger partial charge < -0.3 is 15.8 Å². The average molecular weight is 411 g/mol. The topological polar surface area (TPSA) is 95.1 Å². The minimum Gasteiger partial charge on any atom is -0.494 e. The number of nitrogens with zero attached hydrogens (tertiary/aromatic N) is 3. The third kappa shape index (κ3) is 4.25. The molecule has 0 aliphatic heterocycles. The number of hydrogen-bond donors (Lipinski definition) is 2. The number of methoxy groups -OCH3 is 1. The number of anilines is 3. The quantitative estimate of drug-likeness (QED) is 0.454. The summed E-state index contributed by atoms with van der Waals surface area (Å²) in [5, 5.41) is 7.95. The second-order valence-corrected chi connectivity index (χ2v) is 9.10. The number of pyridine rings is 1. The van der Waals surface area contributed by atoms with Gasteiger partial charge in [-0.1, -0.05) is 20.9 Å². The summed E-state index contributed by atoms with van der Waals surface area (Å²) < 4.78 is 7.63. The number of Topliss-reactive ketones (excluding diaryl/α,β-unsaturated/α-hetero) is 1. The number of ether oxygens (including phenoxy) is 1. The predicted octanol–water partition coefficient (Wildman–Crippen LogP) is 3.78. The number of aromatic nitrogens is 3. The zero-order valence-electron chi connectivity index (χ0n) is 17.4. The third-order valence-electron chi connectivity index (χ3n) is 4.64. The minimum atomic E-state index is -0.307. The summed E-state index contributed by atoms with van der Waals surface area (Å²) in [5.41, 5.74) is 10.7. The van der Waals surface area contributed by atoms with Crippen molar-refractivity contribution in [3.05, 3.63) is 42.1 Å². The van der Waals surface area contributed by atoms with Gasteiger partial charge in [0.25, 0.3) is 0 Å². The highest BCUT2D eigenvalue weighted by Crippen LogP contribution is 2.39. The molecular weight excluding hydrogens is 385 g/mol. The lowest BCUT2D eigenvalue weighted by molar-refractivity contribution is 0.0988. The van der Waals surface area contributed by atoms with Crippen LogP contribution in [0, 0.1) is 0 Å². The maximum Gasteiger partial charge on any atom is 0.166 e. The summed E-state index contributed by atoms with van der Waals surface area (Å²) in [5.74, 6) is 1.00. The van der Waals surface area contributed by atoms with Gasteiger partial charge in [0.05, 0.1) is 35.2 Å². The standard InChI is InChI=1S/C21H26N5O2P/c1-6-18(27)14-12-23-19(22)10-16(14)24-15-9-7-8-13(21(15)28-3)17-11-20(29(4)5)25-26(17)2/h7-12H,6H2,1-5H3,(H3,22,23,24). The number of nitrogen functional groups attached to an aromatic ring is 1. The van der Waals surface area contributed by atoms with Crippen LogP contribution in [0.25, 0.3) is 11.3 Å². The van der Waals surface area contributed by atoms with E-state index in [0.29, 0.717) is 29.2 Å². The van der Waals surface area contributed by atoms with E-state index in [0.717, 1.165) is 22.4 Å². The fourth-order valence-electron chi connectivity index (χ4n) is 3.11. The van der Waals surface area contributed by atoms with E-state index in [1.807, 2.05) is 36.9 Å². The monoisotopic (exact) mass is 411 g/mol. The molecule has 7 nitrogen and oxygen atoms in total. The van der Waals surface area contributed by atoms with Crippen molar-refractivity contribution in [2.45, 2.75) is 13.3 Å². The van der Waals surface area contributed by atoms with E-state index in [-0.39, 0.29) is 13.7 Å². The lowest BCUT2D eigenvalue weighted by atomic mass is 10.1. The van der Waals surface area contributed by atoms with E-state index in [4.69, 9.17) is 10.5 Å². The van der Waals surface area contributed by atoms with Crippen molar-refractivity contribution < 1.29 is 9.53 Å². The Morgan fingerprint density at radius 3 is 2.66 bits per heavy atom. The molecule has 2 heterocycles. The summed E-state index contributed by atoms with van der Waals surface area (Å²) in [4.78, 5) is 16.4. The fraction of sp³-hybridized carbons (Fsp3) is 0.286. The van der Waals surface area contributed by atoms with E-state index >= 15 is 0 Å². The molecule has 0 spiro atoms. The first-order valence-electron chi connectivity index (χ1n) is 9.30. The van der Waals surface area contributed by atoms with Gasteiger partial charge in [0.1, 0.15) is 5.82 Å². The van der Waals surface area contributed by atoms with E-state index in [9.17, 15) is 4.79 Å². The van der Waals surface area contributed by atoms with Gasteiger partial charge in [-0.3, -0.25) is 9.48 Å². The number of hydrogen-bond acceptors (Lipinski definition) is 6. The molecule has 0 amide bonds. The summed E-state index contributed by atoms with van der Waals surface area (Å²) >= 11 is 0. The van der Waals surface area contributed by atoms with Crippen LogP contribution in [0.3, 0.4) is 0 Å². The lowest BCUT2D eigenvalue weighted by Crippen LogP contribution is -2.06. The van der Waals surface area contributed by atoms with Crippen LogP contribution < -0.4 is 21.2 Å². The molecule has 152 valence electrons. The molecule has 8 heteroatoms. The molecule has 0 saturated heterocycles. The number of para-hydroxylation sites is 1. The maximum absolute atomic E-state index is 12.3. The molecule has 2 aromatic heterocycles. The van der Waals surface area contributed by atoms with Crippen molar-refractivity contribution in [1.82, 2.24) is 14.8 Å². The van der Waals surface area contributed by atoms with Crippen LogP contribution in [0.15, 0.2) is 36.5 Å². The summed E-state index contributed by atoms with van der Waals surface area (Å²) in [6.07, 6.45) is 1.89. The van der Waals surface area contributed by atoms with Crippen molar-refractivity contribution in [3.8, 4) is 17.0 Å². The fourth-order valence-corrected chi connectivity index (χ4v) is 3.81. The Morgan fingerprint density at radius 2 is 2.03 bits per heavy atom. The first-order chi connectivity index (χ1) is 13.8. The summed E-state index contributed by atoms with van der Waals surface area (Å²) in [6.45, 7) is 6.17. The molecule has 1 aromatic carbocycles. The predicted molar refractivity (Wildman–Crippen MR) is 120 cm³/mol. The molecule has 0 aliphatic carbocycles. The highest BCUT2D eigenvalue weighted by molar-refractivity contribution is 7.63. The Labute approximate surface area is 172 Å². The van der Waals surface area contributed by atoms with Crippen LogP contribution in [0.5, 0.6) is 5.75 Å². The lowest BCUT2D eigenvalue weighted by Gasteiger charge is -2.17. The van der Waals surface area contributed by atoms with Gasteiger partial charge in [-0.2, -0.15) is 5.10 Å². The Bertz CT molecular complexity index is 1050. The molecule has 0 radical (unpaired) electrons. The Hall–Kier alpha value is -2.92. The highest BCUT2D eigenvalue weighted by atomic mass is 31.1. The second kappa shape index (κ2) is 8.62. The second-order valence-electron chi connectivity index (χ2n) is 6.85. The van der Waals surface area contributed by atoms with Crippen LogP contribution in [-0.2, 0) is 7.05 Å². The third-order valence-corrected chi connectivity index (χ3v) is 5.77. The van der Waals surface area contributed by atoms with Crippen molar-refractivity contribution >= 4 is 36.3 Å². The van der Waals surface area contributed by atoms with Crippen molar-refractivity contribution in [1.29, 1.82) is 0 Å². The number of rotatable bonds is 7. The van der Waals surface area contributed by atoms with E-state index in [2.05, 4.69) is 34.8 Å². The molecule has 0 saturated carbocycles. The van der Waals surface area contributed by atoms with Gasteiger partial charge in [0.15, 0.2) is 11.5 Å². The van der Waals surface area contributed by atoms with Crippen molar-refractivity contribution in [2.24, 2.45) is 7.05 Å². The van der Waals surface area contributed by atoms with Gasteiger partial charge in [-0.05, 0) is 31.5 Å². The van der Waals surface area contributed by atoms with Gasteiger partial charge in [-0.25, -0.2) is 4.98 Å². The Morgan fingerprint density at radius 1 is 1.28 bits per heavy atom. The van der Waals surface area contributed by atoms with E-state index < -0.39 is 0 Å². The largest absolute Gasteiger partial charge is 0.494 e. The van der Waals surface area contributed by atoms with Gasteiger partial charge in [0.2, 0.25) is 0 Å². The molecule has 0 atom stereocenters. The first-order valence-corrected chi connectivity index (χ1v) is 11.5. The number of nitrogens with two attached hydrogens (primary N) is 1. The number of benzene rings is 1. The Kier molecular flexibility index (Phi) is 6.18. The zero-order valence-corrected chi connectivity index (χ0v) is 18.2. The van der Waals surface area contributed by atoms with Crippen LogP contribution in [-0.4, -0.2) is 41.0 Å². The minimum absolute atomic E-state index is 0.00866. The highest BCUT2D eigenvalue weighted by Gasteiger charge is 2.18. The average Bonchev–Trinajstić information content (AvgIpc) is 3.09. The summed E-state index contributed by atoms with van der Waals surface area (Å²) in [6, 6.07) is 9.61. The molecule has 29 heavy (non-hydrogen) atoms. The number of ketones is 1. The normalized spacial score (nSPS) is 11.0. The maximum atomic E-state index is 12.3. The number of aryl methyl sites for hydroxylation is 1.